The van der Waals surface area contributed by atoms with Crippen LogP contribution in [0.2, 0.25) is 5.02 Å². The summed E-state index contributed by atoms with van der Waals surface area (Å²) >= 11 is 6.01. The van der Waals surface area contributed by atoms with Gasteiger partial charge in [0.2, 0.25) is 0 Å². The fraction of sp³-hybridized carbons (Fsp3) is 0.647. The van der Waals surface area contributed by atoms with Crippen molar-refractivity contribution >= 4 is 11.6 Å². The third kappa shape index (κ3) is 2.68. The molecule has 1 aromatic rings. The zero-order valence-electron chi connectivity index (χ0n) is 12.1. The van der Waals surface area contributed by atoms with Crippen molar-refractivity contribution in [3.05, 3.63) is 28.8 Å². The summed E-state index contributed by atoms with van der Waals surface area (Å²) in [6, 6.07) is 5.58. The Morgan fingerprint density at radius 2 is 2.10 bits per heavy atom. The van der Waals surface area contributed by atoms with Gasteiger partial charge in [0.25, 0.3) is 0 Å². The summed E-state index contributed by atoms with van der Waals surface area (Å²) in [5.74, 6) is 1.67. The quantitative estimate of drug-likeness (QED) is 0.842. The average Bonchev–Trinajstić information content (AvgIpc) is 2.43. The Bertz CT molecular complexity index is 478. The van der Waals surface area contributed by atoms with Crippen molar-refractivity contribution in [2.75, 3.05) is 0 Å². The molecule has 1 aliphatic heterocycles. The molecule has 3 heteroatoms. The van der Waals surface area contributed by atoms with Crippen molar-refractivity contribution in [1.82, 2.24) is 0 Å². The average molecular weight is 295 g/mol. The Morgan fingerprint density at radius 3 is 2.80 bits per heavy atom. The van der Waals surface area contributed by atoms with E-state index in [4.69, 9.17) is 16.3 Å². The first kappa shape index (κ1) is 14.2. The lowest BCUT2D eigenvalue weighted by molar-refractivity contribution is -0.0474. The Balaban J connectivity index is 1.76. The molecule has 0 saturated heterocycles. The number of rotatable bonds is 2. The molecule has 1 fully saturated rings. The Kier molecular flexibility index (Phi) is 3.96. The van der Waals surface area contributed by atoms with E-state index in [-0.39, 0.29) is 5.60 Å². The third-order valence-electron chi connectivity index (χ3n) is 4.94. The molecule has 0 aromatic heterocycles. The summed E-state index contributed by atoms with van der Waals surface area (Å²) in [5, 5.41) is 11.1. The van der Waals surface area contributed by atoms with E-state index in [0.29, 0.717) is 11.4 Å². The maximum atomic E-state index is 10.4. The van der Waals surface area contributed by atoms with Gasteiger partial charge in [0, 0.05) is 17.0 Å². The van der Waals surface area contributed by atoms with Gasteiger partial charge in [0.05, 0.1) is 6.10 Å². The Morgan fingerprint density at radius 1 is 1.35 bits per heavy atom. The second-order valence-corrected chi connectivity index (χ2v) is 6.86. The van der Waals surface area contributed by atoms with Crippen LogP contribution in [0.5, 0.6) is 5.75 Å². The van der Waals surface area contributed by atoms with E-state index in [9.17, 15) is 5.11 Å². The van der Waals surface area contributed by atoms with Crippen molar-refractivity contribution in [1.29, 1.82) is 0 Å². The zero-order valence-corrected chi connectivity index (χ0v) is 12.8. The molecule has 0 amide bonds. The van der Waals surface area contributed by atoms with Crippen LogP contribution in [0.15, 0.2) is 18.2 Å². The molecule has 0 radical (unpaired) electrons. The lowest BCUT2D eigenvalue weighted by Crippen LogP contribution is -2.44. The lowest BCUT2D eigenvalue weighted by atomic mass is 9.73. The fourth-order valence-corrected chi connectivity index (χ4v) is 4.00. The largest absolute Gasteiger partial charge is 0.487 e. The van der Waals surface area contributed by atoms with E-state index < -0.39 is 6.10 Å². The van der Waals surface area contributed by atoms with E-state index in [1.54, 1.807) is 0 Å². The van der Waals surface area contributed by atoms with E-state index in [0.717, 1.165) is 30.1 Å². The van der Waals surface area contributed by atoms with Crippen LogP contribution in [0, 0.1) is 5.92 Å². The van der Waals surface area contributed by atoms with Crippen molar-refractivity contribution in [3.63, 3.8) is 0 Å². The Labute approximate surface area is 126 Å². The molecule has 2 aliphatic rings. The predicted molar refractivity (Wildman–Crippen MR) is 81.3 cm³/mol. The molecule has 0 bridgehead atoms. The number of halogens is 1. The van der Waals surface area contributed by atoms with Gasteiger partial charge in [0.15, 0.2) is 0 Å². The van der Waals surface area contributed by atoms with Crippen LogP contribution in [-0.2, 0) is 0 Å². The first-order valence-electron chi connectivity index (χ1n) is 7.78. The van der Waals surface area contributed by atoms with Crippen LogP contribution in [0.3, 0.4) is 0 Å². The number of hydrogen-bond donors (Lipinski definition) is 1. The first-order chi connectivity index (χ1) is 9.62. The topological polar surface area (TPSA) is 29.5 Å². The van der Waals surface area contributed by atoms with Gasteiger partial charge >= 0.3 is 0 Å². The number of hydrogen-bond acceptors (Lipinski definition) is 2. The van der Waals surface area contributed by atoms with E-state index in [1.807, 2.05) is 18.2 Å². The number of benzene rings is 1. The number of ether oxygens (including phenoxy) is 1. The highest BCUT2D eigenvalue weighted by Crippen LogP contribution is 2.48. The molecule has 2 nitrogen and oxygen atoms in total. The molecule has 1 aliphatic carbocycles. The smallest absolute Gasteiger partial charge is 0.126 e. The first-order valence-corrected chi connectivity index (χ1v) is 8.16. The second-order valence-electron chi connectivity index (χ2n) is 6.42. The van der Waals surface area contributed by atoms with E-state index in [1.165, 1.54) is 25.7 Å². The molecule has 110 valence electrons. The molecule has 0 unspecified atom stereocenters. The maximum Gasteiger partial charge on any atom is 0.126 e. The molecule has 1 saturated carbocycles. The minimum Gasteiger partial charge on any atom is -0.487 e. The summed E-state index contributed by atoms with van der Waals surface area (Å²) in [5.41, 5.74) is 0.698. The highest BCUT2D eigenvalue weighted by Gasteiger charge is 2.42. The predicted octanol–water partition coefficient (Wildman–Crippen LogP) is 4.89. The fourth-order valence-electron chi connectivity index (χ4n) is 3.82. The summed E-state index contributed by atoms with van der Waals surface area (Å²) in [7, 11) is 0. The van der Waals surface area contributed by atoms with Gasteiger partial charge in [-0.05, 0) is 49.8 Å². The third-order valence-corrected chi connectivity index (χ3v) is 5.17. The Hall–Kier alpha value is -0.730. The maximum absolute atomic E-state index is 10.4. The molecule has 1 heterocycles. The molecule has 3 rings (SSSR count). The number of fused-ring (bicyclic) bond motifs is 1. The van der Waals surface area contributed by atoms with Crippen LogP contribution in [0.25, 0.3) is 0 Å². The van der Waals surface area contributed by atoms with E-state index >= 15 is 0 Å². The van der Waals surface area contributed by atoms with Crippen molar-refractivity contribution < 1.29 is 9.84 Å². The number of aliphatic hydroxyl groups excluding tert-OH is 1. The molecular formula is C17H23ClO2. The molecular weight excluding hydrogens is 272 g/mol. The van der Waals surface area contributed by atoms with Gasteiger partial charge in [-0.15, -0.1) is 0 Å². The van der Waals surface area contributed by atoms with Crippen LogP contribution in [0.4, 0.5) is 0 Å². The van der Waals surface area contributed by atoms with Crippen molar-refractivity contribution in [3.8, 4) is 5.75 Å². The SMILES string of the molecule is CCCC1CCC2(CC1)C[C@H](O)c1cc(Cl)ccc1O2. The minimum absolute atomic E-state index is 0.148. The standard InChI is InChI=1S/C17H23ClO2/c1-2-3-12-6-8-17(9-7-12)11-15(19)14-10-13(18)4-5-16(14)20-17/h4-5,10,12,15,19H,2-3,6-9,11H2,1H3/t12?,15-,17?/m0/s1. The summed E-state index contributed by atoms with van der Waals surface area (Å²) in [6.07, 6.45) is 7.44. The van der Waals surface area contributed by atoms with E-state index in [2.05, 4.69) is 6.92 Å². The monoisotopic (exact) mass is 294 g/mol. The van der Waals surface area contributed by atoms with Gasteiger partial charge in [-0.25, -0.2) is 0 Å². The van der Waals surface area contributed by atoms with Gasteiger partial charge in [-0.3, -0.25) is 0 Å². The van der Waals surface area contributed by atoms with Gasteiger partial charge in [-0.2, -0.15) is 0 Å². The van der Waals surface area contributed by atoms with Crippen LogP contribution in [-0.4, -0.2) is 10.7 Å². The van der Waals surface area contributed by atoms with Gasteiger partial charge < -0.3 is 9.84 Å². The molecule has 1 spiro atoms. The normalized spacial score (nSPS) is 32.8. The lowest BCUT2D eigenvalue weighted by Gasteiger charge is -2.45. The number of aliphatic hydroxyl groups is 1. The zero-order chi connectivity index (χ0) is 14.2. The minimum atomic E-state index is -0.444. The summed E-state index contributed by atoms with van der Waals surface area (Å²) in [6.45, 7) is 2.26. The van der Waals surface area contributed by atoms with Crippen molar-refractivity contribution in [2.24, 2.45) is 5.92 Å². The van der Waals surface area contributed by atoms with Crippen LogP contribution >= 0.6 is 11.6 Å². The molecule has 20 heavy (non-hydrogen) atoms. The second kappa shape index (κ2) is 5.57. The van der Waals surface area contributed by atoms with Crippen molar-refractivity contribution in [2.45, 2.75) is 63.6 Å². The molecule has 1 atom stereocenters. The molecule has 1 aromatic carbocycles. The highest BCUT2D eigenvalue weighted by atomic mass is 35.5. The summed E-state index contributed by atoms with van der Waals surface area (Å²) in [4.78, 5) is 0. The summed E-state index contributed by atoms with van der Waals surface area (Å²) < 4.78 is 6.29. The van der Waals surface area contributed by atoms with Gasteiger partial charge in [0.1, 0.15) is 11.4 Å². The van der Waals surface area contributed by atoms with Gasteiger partial charge in [-0.1, -0.05) is 31.4 Å². The van der Waals surface area contributed by atoms with Crippen LogP contribution in [0.1, 0.15) is 63.5 Å². The highest BCUT2D eigenvalue weighted by molar-refractivity contribution is 6.30. The van der Waals surface area contributed by atoms with Crippen LogP contribution < -0.4 is 4.74 Å². The molecule has 1 N–H and O–H groups in total.